The molecule has 0 fully saturated rings. The van der Waals surface area contributed by atoms with Crippen LogP contribution in [0.5, 0.6) is 0 Å². The van der Waals surface area contributed by atoms with Gasteiger partial charge in [-0.15, -0.1) is 36.4 Å². The van der Waals surface area contributed by atoms with Crippen LogP contribution >= 0.6 is 0 Å². The van der Waals surface area contributed by atoms with E-state index in [0.29, 0.717) is 6.61 Å². The van der Waals surface area contributed by atoms with E-state index in [9.17, 15) is 4.79 Å². The van der Waals surface area contributed by atoms with Crippen LogP contribution in [0.2, 0.25) is 0 Å². The molecule has 0 atom stereocenters. The van der Waals surface area contributed by atoms with E-state index in [2.05, 4.69) is 6.07 Å². The molecule has 19 heavy (non-hydrogen) atoms. The van der Waals surface area contributed by atoms with Crippen LogP contribution in [0.1, 0.15) is 33.3 Å². The predicted molar refractivity (Wildman–Crippen MR) is 75.8 cm³/mol. The van der Waals surface area contributed by atoms with Gasteiger partial charge in [0.2, 0.25) is 0 Å². The third kappa shape index (κ3) is 12.3. The normalized spacial score (nSPS) is 9.53. The molecule has 1 radical (unpaired) electrons. The second-order valence-corrected chi connectivity index (χ2v) is 4.08. The summed E-state index contributed by atoms with van der Waals surface area (Å²) in [6.07, 6.45) is 5.69. The zero-order valence-electron chi connectivity index (χ0n) is 12.2. The summed E-state index contributed by atoms with van der Waals surface area (Å²) in [4.78, 5) is 11.1. The molecule has 1 rings (SSSR count). The molecule has 1 aromatic rings. The fourth-order valence-corrected chi connectivity index (χ4v) is 0.983. The maximum atomic E-state index is 11.1. The van der Waals surface area contributed by atoms with E-state index < -0.39 is 0 Å². The molecular weight excluding hydrogens is 313 g/mol. The summed E-state index contributed by atoms with van der Waals surface area (Å²) < 4.78 is 4.99. The van der Waals surface area contributed by atoms with Gasteiger partial charge in [-0.1, -0.05) is 19.9 Å². The van der Waals surface area contributed by atoms with Crippen LogP contribution in [0.3, 0.4) is 0 Å². The number of carbonyl (C=O) groups is 1. The monoisotopic (exact) mass is 335 g/mol. The number of ether oxygens (including phenoxy) is 1. The largest absolute Gasteiger partial charge is 0.462 e. The number of hydrogen-bond acceptors (Lipinski definition) is 2. The molecule has 0 bridgehead atoms. The minimum absolute atomic E-state index is 0. The topological polar surface area (TPSA) is 26.3 Å². The summed E-state index contributed by atoms with van der Waals surface area (Å²) >= 11 is 0. The summed E-state index contributed by atoms with van der Waals surface area (Å²) in [5.41, 5.74) is 0.984. The standard InChI is InChI=1S/C13H15O2.C3H7.Y/c1-11(2)13(14)15-10-6-9-12-7-4-3-5-8-12;1-3-2;/h3-7,9,11H,10H2,1-2H3;3H,1-2H3;/q2*-1;/b9-6+;;. The molecule has 0 aliphatic carbocycles. The van der Waals surface area contributed by atoms with Crippen LogP contribution in [0.25, 0.3) is 6.08 Å². The van der Waals surface area contributed by atoms with Gasteiger partial charge in [-0.3, -0.25) is 4.79 Å². The van der Waals surface area contributed by atoms with Crippen LogP contribution < -0.4 is 0 Å². The van der Waals surface area contributed by atoms with Crippen molar-refractivity contribution in [1.29, 1.82) is 0 Å². The second kappa shape index (κ2) is 14.0. The van der Waals surface area contributed by atoms with E-state index in [-0.39, 0.29) is 44.6 Å². The van der Waals surface area contributed by atoms with Crippen molar-refractivity contribution in [2.24, 2.45) is 5.92 Å². The molecule has 1 aromatic carbocycles. The van der Waals surface area contributed by atoms with Crippen molar-refractivity contribution >= 4 is 12.0 Å². The molecule has 0 N–H and O–H groups in total. The average Bonchev–Trinajstić information content (AvgIpc) is 2.36. The van der Waals surface area contributed by atoms with Gasteiger partial charge in [-0.2, -0.15) is 19.4 Å². The molecule has 0 saturated carbocycles. The Morgan fingerprint density at radius 3 is 2.53 bits per heavy atom. The molecule has 0 aliphatic rings. The average molecular weight is 335 g/mol. The van der Waals surface area contributed by atoms with E-state index in [1.807, 2.05) is 70.5 Å². The number of carbonyl (C=O) groups excluding carboxylic acids is 1. The second-order valence-electron chi connectivity index (χ2n) is 4.08. The maximum absolute atomic E-state index is 11.1. The SMILES string of the molecule is CC(C)C(=O)OC/C=C/c1[c-]cccc1.C[CH-]C.[Y]. The first-order valence-corrected chi connectivity index (χ1v) is 6.15. The van der Waals surface area contributed by atoms with Crippen molar-refractivity contribution in [3.63, 3.8) is 0 Å². The van der Waals surface area contributed by atoms with Crippen molar-refractivity contribution < 1.29 is 42.2 Å². The van der Waals surface area contributed by atoms with Crippen molar-refractivity contribution in [1.82, 2.24) is 0 Å². The number of hydrogen-bond donors (Lipinski definition) is 0. The summed E-state index contributed by atoms with van der Waals surface area (Å²) in [5.74, 6) is -0.238. The van der Waals surface area contributed by atoms with E-state index in [4.69, 9.17) is 4.74 Å². The number of rotatable bonds is 4. The Balaban J connectivity index is 0. The molecule has 0 saturated heterocycles. The summed E-state index contributed by atoms with van der Waals surface area (Å²) in [6.45, 7) is 7.95. The minimum atomic E-state index is -0.170. The van der Waals surface area contributed by atoms with Crippen LogP contribution in [-0.2, 0) is 42.2 Å². The molecule has 103 valence electrons. The third-order valence-corrected chi connectivity index (χ3v) is 1.82. The molecule has 2 nitrogen and oxygen atoms in total. The molecule has 0 spiro atoms. The van der Waals surface area contributed by atoms with E-state index in [0.717, 1.165) is 5.56 Å². The number of esters is 1. The Hall–Kier alpha value is -0.466. The Kier molecular flexibility index (Phi) is 15.3. The van der Waals surface area contributed by atoms with Crippen LogP contribution in [0.15, 0.2) is 30.3 Å². The van der Waals surface area contributed by atoms with Crippen molar-refractivity contribution in [3.8, 4) is 0 Å². The number of benzene rings is 1. The van der Waals surface area contributed by atoms with E-state index in [1.165, 1.54) is 0 Å². The zero-order chi connectivity index (χ0) is 13.8. The molecule has 0 amide bonds. The van der Waals surface area contributed by atoms with Gasteiger partial charge >= 0.3 is 5.97 Å². The summed E-state index contributed by atoms with van der Waals surface area (Å²) in [5, 5.41) is 0. The van der Waals surface area contributed by atoms with E-state index >= 15 is 0 Å². The molecule has 0 aliphatic heterocycles. The molecule has 0 unspecified atom stereocenters. The molecule has 3 heteroatoms. The van der Waals surface area contributed by atoms with E-state index in [1.54, 1.807) is 0 Å². The van der Waals surface area contributed by atoms with Crippen LogP contribution in [-0.4, -0.2) is 12.6 Å². The van der Waals surface area contributed by atoms with Gasteiger partial charge in [0, 0.05) is 32.7 Å². The van der Waals surface area contributed by atoms with Gasteiger partial charge in [0.25, 0.3) is 0 Å². The minimum Gasteiger partial charge on any atom is -0.462 e. The summed E-state index contributed by atoms with van der Waals surface area (Å²) in [6, 6.07) is 10.7. The summed E-state index contributed by atoms with van der Waals surface area (Å²) in [7, 11) is 0. The Morgan fingerprint density at radius 1 is 1.42 bits per heavy atom. The first-order valence-electron chi connectivity index (χ1n) is 6.15. The van der Waals surface area contributed by atoms with Gasteiger partial charge in [-0.05, 0) is 0 Å². The smallest absolute Gasteiger partial charge is 0.308 e. The fraction of sp³-hybridized carbons (Fsp3) is 0.375. The quantitative estimate of drug-likeness (QED) is 0.616. The van der Waals surface area contributed by atoms with Crippen LogP contribution in [0.4, 0.5) is 0 Å². The Morgan fingerprint density at radius 2 is 2.05 bits per heavy atom. The Bertz CT molecular complexity index is 345. The third-order valence-electron chi connectivity index (χ3n) is 1.82. The van der Waals surface area contributed by atoms with Gasteiger partial charge in [0.1, 0.15) is 6.61 Å². The van der Waals surface area contributed by atoms with Gasteiger partial charge in [0.05, 0.1) is 5.92 Å². The maximum Gasteiger partial charge on any atom is 0.308 e. The fourth-order valence-electron chi connectivity index (χ4n) is 0.983. The van der Waals surface area contributed by atoms with Crippen molar-refractivity contribution in [3.05, 3.63) is 48.4 Å². The predicted octanol–water partition coefficient (Wildman–Crippen LogP) is 3.93. The van der Waals surface area contributed by atoms with Gasteiger partial charge in [0.15, 0.2) is 0 Å². The van der Waals surface area contributed by atoms with Gasteiger partial charge < -0.3 is 11.2 Å². The first kappa shape index (κ1) is 20.8. The van der Waals surface area contributed by atoms with Gasteiger partial charge in [-0.25, -0.2) is 0 Å². The Labute approximate surface area is 142 Å². The van der Waals surface area contributed by atoms with Crippen molar-refractivity contribution in [2.75, 3.05) is 6.61 Å². The zero-order valence-corrected chi connectivity index (χ0v) is 15.1. The molecule has 0 heterocycles. The first-order chi connectivity index (χ1) is 8.61. The van der Waals surface area contributed by atoms with Crippen molar-refractivity contribution in [2.45, 2.75) is 27.7 Å². The van der Waals surface area contributed by atoms with Crippen LogP contribution in [0, 0.1) is 18.4 Å². The molecular formula is C16H22O2Y-2. The molecule has 0 aromatic heterocycles.